The highest BCUT2D eigenvalue weighted by atomic mass is 16.5. The van der Waals surface area contributed by atoms with Crippen molar-refractivity contribution >= 4 is 11.9 Å². The Kier molecular flexibility index (Phi) is 9.83. The van der Waals surface area contributed by atoms with E-state index >= 15 is 0 Å². The van der Waals surface area contributed by atoms with Gasteiger partial charge in [0.05, 0.1) is 6.61 Å². The Balaban J connectivity index is 1.61. The fourth-order valence-corrected chi connectivity index (χ4v) is 3.24. The summed E-state index contributed by atoms with van der Waals surface area (Å²) in [4.78, 5) is 18.5. The SMILES string of the molecule is CN=C(NCCOCCC(C)C)NCC1CC(=O)N(CCc2ccccc2)C1. The fraction of sp³-hybridized carbons (Fsp3) is 0.636. The van der Waals surface area contributed by atoms with Crippen molar-refractivity contribution in [3.63, 3.8) is 0 Å². The predicted molar refractivity (Wildman–Crippen MR) is 114 cm³/mol. The van der Waals surface area contributed by atoms with E-state index in [-0.39, 0.29) is 5.91 Å². The molecule has 156 valence electrons. The van der Waals surface area contributed by atoms with Gasteiger partial charge in [-0.2, -0.15) is 0 Å². The molecule has 1 saturated heterocycles. The van der Waals surface area contributed by atoms with Crippen molar-refractivity contribution in [3.8, 4) is 0 Å². The lowest BCUT2D eigenvalue weighted by molar-refractivity contribution is -0.127. The van der Waals surface area contributed by atoms with Gasteiger partial charge >= 0.3 is 0 Å². The Morgan fingerprint density at radius 1 is 1.25 bits per heavy atom. The number of rotatable bonds is 11. The second-order valence-electron chi connectivity index (χ2n) is 7.82. The van der Waals surface area contributed by atoms with E-state index in [1.807, 2.05) is 23.1 Å². The largest absolute Gasteiger partial charge is 0.380 e. The van der Waals surface area contributed by atoms with Crippen molar-refractivity contribution in [2.45, 2.75) is 33.1 Å². The Labute approximate surface area is 169 Å². The van der Waals surface area contributed by atoms with E-state index in [9.17, 15) is 4.79 Å². The fourth-order valence-electron chi connectivity index (χ4n) is 3.24. The van der Waals surface area contributed by atoms with Crippen molar-refractivity contribution in [2.75, 3.05) is 46.4 Å². The maximum Gasteiger partial charge on any atom is 0.223 e. The van der Waals surface area contributed by atoms with Gasteiger partial charge in [0.1, 0.15) is 0 Å². The quantitative estimate of drug-likeness (QED) is 0.347. The number of ether oxygens (including phenoxy) is 1. The number of amides is 1. The Hall–Kier alpha value is -2.08. The molecule has 28 heavy (non-hydrogen) atoms. The first-order valence-electron chi connectivity index (χ1n) is 10.4. The molecule has 0 radical (unpaired) electrons. The minimum Gasteiger partial charge on any atom is -0.380 e. The minimum atomic E-state index is 0.254. The average Bonchev–Trinajstić information content (AvgIpc) is 3.05. The van der Waals surface area contributed by atoms with E-state index < -0.39 is 0 Å². The number of nitrogens with zero attached hydrogens (tertiary/aromatic N) is 2. The summed E-state index contributed by atoms with van der Waals surface area (Å²) in [5, 5.41) is 6.61. The highest BCUT2D eigenvalue weighted by molar-refractivity contribution is 5.80. The van der Waals surface area contributed by atoms with Gasteiger partial charge in [0.25, 0.3) is 0 Å². The Morgan fingerprint density at radius 3 is 2.75 bits per heavy atom. The molecule has 1 aliphatic rings. The number of carbonyl (C=O) groups is 1. The average molecular weight is 389 g/mol. The van der Waals surface area contributed by atoms with Crippen molar-refractivity contribution in [1.29, 1.82) is 0 Å². The first-order chi connectivity index (χ1) is 13.6. The van der Waals surface area contributed by atoms with Gasteiger partial charge < -0.3 is 20.3 Å². The molecule has 2 rings (SSSR count). The third-order valence-electron chi connectivity index (χ3n) is 4.97. The highest BCUT2D eigenvalue weighted by Gasteiger charge is 2.29. The van der Waals surface area contributed by atoms with Crippen molar-refractivity contribution in [1.82, 2.24) is 15.5 Å². The van der Waals surface area contributed by atoms with E-state index in [1.165, 1.54) is 5.56 Å². The molecule has 1 amide bonds. The summed E-state index contributed by atoms with van der Waals surface area (Å²) in [5.41, 5.74) is 1.28. The molecule has 2 N–H and O–H groups in total. The van der Waals surface area contributed by atoms with Crippen LogP contribution in [0, 0.1) is 11.8 Å². The van der Waals surface area contributed by atoms with Gasteiger partial charge in [-0.1, -0.05) is 44.2 Å². The van der Waals surface area contributed by atoms with Crippen LogP contribution in [0.5, 0.6) is 0 Å². The number of carbonyl (C=O) groups excluding carboxylic acids is 1. The Bertz CT molecular complexity index is 604. The maximum atomic E-state index is 12.3. The van der Waals surface area contributed by atoms with E-state index in [4.69, 9.17) is 4.74 Å². The number of aliphatic imine (C=N–C) groups is 1. The summed E-state index contributed by atoms with van der Waals surface area (Å²) in [6.45, 7) is 8.95. The van der Waals surface area contributed by atoms with Gasteiger partial charge in [0, 0.05) is 52.2 Å². The van der Waals surface area contributed by atoms with Gasteiger partial charge in [-0.25, -0.2) is 0 Å². The zero-order valence-electron chi connectivity index (χ0n) is 17.6. The van der Waals surface area contributed by atoms with Gasteiger partial charge in [0.15, 0.2) is 5.96 Å². The number of likely N-dealkylation sites (tertiary alicyclic amines) is 1. The second kappa shape index (κ2) is 12.4. The lowest BCUT2D eigenvalue weighted by Gasteiger charge is -2.18. The molecule has 1 unspecified atom stereocenters. The molecule has 1 fully saturated rings. The zero-order chi connectivity index (χ0) is 20.2. The van der Waals surface area contributed by atoms with E-state index in [1.54, 1.807) is 7.05 Å². The van der Waals surface area contributed by atoms with Crippen molar-refractivity contribution < 1.29 is 9.53 Å². The smallest absolute Gasteiger partial charge is 0.223 e. The van der Waals surface area contributed by atoms with Crippen LogP contribution >= 0.6 is 0 Å². The molecule has 1 heterocycles. The summed E-state index contributed by atoms with van der Waals surface area (Å²) in [5.74, 6) is 2.01. The van der Waals surface area contributed by atoms with Crippen LogP contribution in [0.25, 0.3) is 0 Å². The summed E-state index contributed by atoms with van der Waals surface area (Å²) >= 11 is 0. The second-order valence-corrected chi connectivity index (χ2v) is 7.82. The predicted octanol–water partition coefficient (Wildman–Crippen LogP) is 2.31. The van der Waals surface area contributed by atoms with Crippen LogP contribution in [0.1, 0.15) is 32.3 Å². The molecule has 6 nitrogen and oxygen atoms in total. The van der Waals surface area contributed by atoms with Crippen LogP contribution in [0.4, 0.5) is 0 Å². The molecule has 1 aromatic rings. The zero-order valence-corrected chi connectivity index (χ0v) is 17.6. The minimum absolute atomic E-state index is 0.254. The summed E-state index contributed by atoms with van der Waals surface area (Å²) < 4.78 is 5.61. The van der Waals surface area contributed by atoms with Crippen LogP contribution in [-0.2, 0) is 16.0 Å². The molecule has 6 heteroatoms. The van der Waals surface area contributed by atoms with Crippen LogP contribution in [0.3, 0.4) is 0 Å². The van der Waals surface area contributed by atoms with E-state index in [0.717, 1.165) is 51.6 Å². The number of benzene rings is 1. The van der Waals surface area contributed by atoms with Crippen molar-refractivity contribution in [3.05, 3.63) is 35.9 Å². The molecule has 0 saturated carbocycles. The molecule has 0 aromatic heterocycles. The van der Waals surface area contributed by atoms with E-state index in [0.29, 0.717) is 24.9 Å². The highest BCUT2D eigenvalue weighted by Crippen LogP contribution is 2.17. The van der Waals surface area contributed by atoms with Gasteiger partial charge in [-0.15, -0.1) is 0 Å². The lowest BCUT2D eigenvalue weighted by atomic mass is 10.1. The van der Waals surface area contributed by atoms with Crippen LogP contribution in [0.15, 0.2) is 35.3 Å². The topological polar surface area (TPSA) is 66.0 Å². The number of nitrogens with one attached hydrogen (secondary N) is 2. The number of guanidine groups is 1. The molecular weight excluding hydrogens is 352 g/mol. The Morgan fingerprint density at radius 2 is 2.04 bits per heavy atom. The lowest BCUT2D eigenvalue weighted by Crippen LogP contribution is -2.41. The summed E-state index contributed by atoms with van der Waals surface area (Å²) in [7, 11) is 1.76. The van der Waals surface area contributed by atoms with Crippen LogP contribution < -0.4 is 10.6 Å². The van der Waals surface area contributed by atoms with Gasteiger partial charge in [0.2, 0.25) is 5.91 Å². The van der Waals surface area contributed by atoms with Crippen molar-refractivity contribution in [2.24, 2.45) is 16.8 Å². The first-order valence-corrected chi connectivity index (χ1v) is 10.4. The summed E-state index contributed by atoms with van der Waals surface area (Å²) in [6.07, 6.45) is 2.60. The molecule has 0 aliphatic carbocycles. The molecule has 1 aliphatic heterocycles. The molecule has 0 bridgehead atoms. The monoisotopic (exact) mass is 388 g/mol. The molecule has 1 aromatic carbocycles. The van der Waals surface area contributed by atoms with Gasteiger partial charge in [-0.05, 0) is 24.3 Å². The third kappa shape index (κ3) is 8.30. The maximum absolute atomic E-state index is 12.3. The normalized spacial score (nSPS) is 17.4. The molecule has 1 atom stereocenters. The van der Waals surface area contributed by atoms with Crippen LogP contribution in [0.2, 0.25) is 0 Å². The third-order valence-corrected chi connectivity index (χ3v) is 4.97. The molecule has 0 spiro atoms. The summed E-state index contributed by atoms with van der Waals surface area (Å²) in [6, 6.07) is 10.3. The van der Waals surface area contributed by atoms with Gasteiger partial charge in [-0.3, -0.25) is 9.79 Å². The standard InChI is InChI=1S/C22H36N4O2/c1-18(2)10-13-28-14-11-24-22(23-3)25-16-20-15-21(27)26(17-20)12-9-19-7-5-4-6-8-19/h4-8,18,20H,9-17H2,1-3H3,(H2,23,24,25). The number of hydrogen-bond donors (Lipinski definition) is 2. The van der Waals surface area contributed by atoms with E-state index in [2.05, 4.69) is 41.6 Å². The number of hydrogen-bond acceptors (Lipinski definition) is 3. The van der Waals surface area contributed by atoms with Crippen LogP contribution in [-0.4, -0.2) is 63.2 Å². The first kappa shape index (κ1) is 22.2. The molecular formula is C22H36N4O2.